The lowest BCUT2D eigenvalue weighted by Crippen LogP contribution is -2.12. The van der Waals surface area contributed by atoms with Crippen LogP contribution >= 0.6 is 0 Å². The SMILES string of the molecule is Cc1cc(S(=O)(=O)c2cc(C(C)(C)C)ccc2O)ccc1O. The van der Waals surface area contributed by atoms with Gasteiger partial charge in [0.1, 0.15) is 16.4 Å². The lowest BCUT2D eigenvalue weighted by molar-refractivity contribution is 0.457. The summed E-state index contributed by atoms with van der Waals surface area (Å²) in [6.07, 6.45) is 0. The fraction of sp³-hybridized carbons (Fsp3) is 0.294. The molecule has 0 bridgehead atoms. The number of sulfone groups is 1. The lowest BCUT2D eigenvalue weighted by atomic mass is 9.87. The average molecular weight is 320 g/mol. The smallest absolute Gasteiger partial charge is 0.210 e. The first-order valence-corrected chi connectivity index (χ1v) is 8.40. The van der Waals surface area contributed by atoms with Gasteiger partial charge in [0.15, 0.2) is 0 Å². The van der Waals surface area contributed by atoms with Gasteiger partial charge in [-0.25, -0.2) is 8.42 Å². The molecule has 0 aliphatic heterocycles. The summed E-state index contributed by atoms with van der Waals surface area (Å²) in [7, 11) is -3.85. The van der Waals surface area contributed by atoms with Gasteiger partial charge in [0.2, 0.25) is 9.84 Å². The quantitative estimate of drug-likeness (QED) is 0.887. The van der Waals surface area contributed by atoms with Crippen molar-refractivity contribution >= 4 is 9.84 Å². The van der Waals surface area contributed by atoms with Crippen LogP contribution < -0.4 is 0 Å². The van der Waals surface area contributed by atoms with Crippen LogP contribution in [-0.4, -0.2) is 18.6 Å². The molecule has 5 heteroatoms. The van der Waals surface area contributed by atoms with Gasteiger partial charge in [-0.2, -0.15) is 0 Å². The van der Waals surface area contributed by atoms with Crippen molar-refractivity contribution in [2.75, 3.05) is 0 Å². The molecular weight excluding hydrogens is 300 g/mol. The van der Waals surface area contributed by atoms with Gasteiger partial charge in [-0.1, -0.05) is 26.8 Å². The molecule has 22 heavy (non-hydrogen) atoms. The van der Waals surface area contributed by atoms with Gasteiger partial charge >= 0.3 is 0 Å². The molecule has 0 atom stereocenters. The fourth-order valence-electron chi connectivity index (χ4n) is 2.12. The Morgan fingerprint density at radius 2 is 1.50 bits per heavy atom. The highest BCUT2D eigenvalue weighted by Crippen LogP contribution is 2.34. The molecule has 4 nitrogen and oxygen atoms in total. The van der Waals surface area contributed by atoms with Gasteiger partial charge in [-0.3, -0.25) is 0 Å². The molecule has 0 heterocycles. The summed E-state index contributed by atoms with van der Waals surface area (Å²) in [6, 6.07) is 8.70. The number of phenolic OH excluding ortho intramolecular Hbond substituents is 2. The van der Waals surface area contributed by atoms with Crippen molar-refractivity contribution in [1.82, 2.24) is 0 Å². The molecule has 2 aromatic carbocycles. The predicted molar refractivity (Wildman–Crippen MR) is 85.1 cm³/mol. The lowest BCUT2D eigenvalue weighted by Gasteiger charge is -2.20. The second-order valence-corrected chi connectivity index (χ2v) is 8.30. The van der Waals surface area contributed by atoms with Gasteiger partial charge in [0.05, 0.1) is 4.90 Å². The Balaban J connectivity index is 2.65. The van der Waals surface area contributed by atoms with E-state index in [1.54, 1.807) is 13.0 Å². The van der Waals surface area contributed by atoms with Crippen LogP contribution in [0.3, 0.4) is 0 Å². The Hall–Kier alpha value is -2.01. The number of benzene rings is 2. The van der Waals surface area contributed by atoms with Crippen LogP contribution in [0, 0.1) is 6.92 Å². The van der Waals surface area contributed by atoms with E-state index in [0.29, 0.717) is 5.56 Å². The van der Waals surface area contributed by atoms with Crippen LogP contribution in [0.2, 0.25) is 0 Å². The summed E-state index contributed by atoms with van der Waals surface area (Å²) in [4.78, 5) is -0.0748. The van der Waals surface area contributed by atoms with E-state index in [2.05, 4.69) is 0 Å². The van der Waals surface area contributed by atoms with E-state index in [1.165, 1.54) is 30.3 Å². The van der Waals surface area contributed by atoms with Crippen LogP contribution in [0.1, 0.15) is 31.9 Å². The first-order valence-electron chi connectivity index (χ1n) is 6.91. The van der Waals surface area contributed by atoms with E-state index < -0.39 is 9.84 Å². The largest absolute Gasteiger partial charge is 0.508 e. The number of hydrogen-bond donors (Lipinski definition) is 2. The number of aryl methyl sites for hydroxylation is 1. The normalized spacial score (nSPS) is 12.4. The second-order valence-electron chi connectivity index (χ2n) is 6.38. The van der Waals surface area contributed by atoms with Gasteiger partial charge in [-0.15, -0.1) is 0 Å². The first kappa shape index (κ1) is 16.4. The maximum absolute atomic E-state index is 12.8. The average Bonchev–Trinajstić information content (AvgIpc) is 2.40. The van der Waals surface area contributed by atoms with Crippen molar-refractivity contribution in [2.24, 2.45) is 0 Å². The van der Waals surface area contributed by atoms with Crippen LogP contribution in [-0.2, 0) is 15.3 Å². The Morgan fingerprint density at radius 1 is 0.909 bits per heavy atom. The van der Waals surface area contributed by atoms with Gasteiger partial charge < -0.3 is 10.2 Å². The van der Waals surface area contributed by atoms with Crippen molar-refractivity contribution in [1.29, 1.82) is 0 Å². The molecule has 0 aliphatic carbocycles. The van der Waals surface area contributed by atoms with E-state index in [-0.39, 0.29) is 26.7 Å². The molecule has 0 aromatic heterocycles. The highest BCUT2D eigenvalue weighted by Gasteiger charge is 2.25. The molecule has 0 saturated heterocycles. The van der Waals surface area contributed by atoms with Crippen molar-refractivity contribution in [3.8, 4) is 11.5 Å². The summed E-state index contributed by atoms with van der Waals surface area (Å²) in [5.41, 5.74) is 1.05. The van der Waals surface area contributed by atoms with Crippen molar-refractivity contribution in [3.05, 3.63) is 47.5 Å². The topological polar surface area (TPSA) is 74.6 Å². The van der Waals surface area contributed by atoms with E-state index in [4.69, 9.17) is 0 Å². The highest BCUT2D eigenvalue weighted by molar-refractivity contribution is 7.91. The minimum Gasteiger partial charge on any atom is -0.508 e. The second kappa shape index (κ2) is 5.32. The summed E-state index contributed by atoms with van der Waals surface area (Å²) < 4.78 is 25.5. The molecule has 118 valence electrons. The molecule has 2 N–H and O–H groups in total. The van der Waals surface area contributed by atoms with Gasteiger partial charge in [-0.05, 0) is 53.8 Å². The van der Waals surface area contributed by atoms with Crippen molar-refractivity contribution in [3.63, 3.8) is 0 Å². The van der Waals surface area contributed by atoms with Gasteiger partial charge in [0, 0.05) is 0 Å². The monoisotopic (exact) mass is 320 g/mol. The molecule has 0 unspecified atom stereocenters. The van der Waals surface area contributed by atoms with Crippen molar-refractivity contribution < 1.29 is 18.6 Å². The molecule has 2 aromatic rings. The first-order chi connectivity index (χ1) is 10.0. The molecule has 0 spiro atoms. The zero-order chi connectivity index (χ0) is 16.7. The molecular formula is C17H20O4S. The number of aromatic hydroxyl groups is 2. The molecule has 0 amide bonds. The van der Waals surface area contributed by atoms with Crippen molar-refractivity contribution in [2.45, 2.75) is 42.9 Å². The van der Waals surface area contributed by atoms with Crippen LogP contribution in [0.15, 0.2) is 46.2 Å². The zero-order valence-corrected chi connectivity index (χ0v) is 13.9. The molecule has 2 rings (SSSR count). The van der Waals surface area contributed by atoms with Crippen LogP contribution in [0.5, 0.6) is 11.5 Å². The third-order valence-corrected chi connectivity index (χ3v) is 5.37. The van der Waals surface area contributed by atoms with Crippen LogP contribution in [0.4, 0.5) is 0 Å². The van der Waals surface area contributed by atoms with Crippen LogP contribution in [0.25, 0.3) is 0 Å². The minimum atomic E-state index is -3.85. The Bertz CT molecular complexity index is 815. The van der Waals surface area contributed by atoms with E-state index in [0.717, 1.165) is 5.56 Å². The Kier molecular flexibility index (Phi) is 3.96. The predicted octanol–water partition coefficient (Wildman–Crippen LogP) is 3.54. The van der Waals surface area contributed by atoms with E-state index in [9.17, 15) is 18.6 Å². The summed E-state index contributed by atoms with van der Waals surface area (Å²) in [6.45, 7) is 7.54. The third kappa shape index (κ3) is 2.95. The molecule has 0 radical (unpaired) electrons. The minimum absolute atomic E-state index is 0.0339. The zero-order valence-electron chi connectivity index (χ0n) is 13.1. The number of rotatable bonds is 2. The highest BCUT2D eigenvalue weighted by atomic mass is 32.2. The molecule has 0 aliphatic rings. The summed E-state index contributed by atoms with van der Waals surface area (Å²) in [5, 5.41) is 19.5. The number of hydrogen-bond acceptors (Lipinski definition) is 4. The van der Waals surface area contributed by atoms with E-state index >= 15 is 0 Å². The molecule has 0 fully saturated rings. The third-order valence-electron chi connectivity index (χ3n) is 3.59. The summed E-state index contributed by atoms with van der Waals surface area (Å²) in [5.74, 6) is -0.245. The van der Waals surface area contributed by atoms with E-state index in [1.807, 2.05) is 20.8 Å². The molecule has 0 saturated carbocycles. The fourth-order valence-corrected chi connectivity index (χ4v) is 3.58. The summed E-state index contributed by atoms with van der Waals surface area (Å²) >= 11 is 0. The standard InChI is InChI=1S/C17H20O4S/c1-11-9-13(6-8-14(11)18)22(20,21)16-10-12(17(2,3)4)5-7-15(16)19/h5-10,18-19H,1-4H3. The Labute approximate surface area is 131 Å². The maximum Gasteiger partial charge on any atom is 0.210 e. The number of phenols is 2. The Morgan fingerprint density at radius 3 is 2.05 bits per heavy atom. The van der Waals surface area contributed by atoms with Gasteiger partial charge in [0.25, 0.3) is 0 Å². The maximum atomic E-state index is 12.8.